The van der Waals surface area contributed by atoms with E-state index in [0.717, 1.165) is 5.56 Å². The van der Waals surface area contributed by atoms with Crippen molar-refractivity contribution < 1.29 is 4.79 Å². The monoisotopic (exact) mass is 257 g/mol. The Labute approximate surface area is 107 Å². The molecule has 1 atom stereocenters. The van der Waals surface area contributed by atoms with Gasteiger partial charge in [-0.1, -0.05) is 31.5 Å². The Morgan fingerprint density at radius 1 is 1.44 bits per heavy atom. The van der Waals surface area contributed by atoms with E-state index in [4.69, 9.17) is 11.6 Å². The lowest BCUT2D eigenvalue weighted by atomic mass is 10.1. The lowest BCUT2D eigenvalue weighted by molar-refractivity contribution is -0.116. The van der Waals surface area contributed by atoms with Crippen LogP contribution < -0.4 is 5.32 Å². The molecule has 4 heteroatoms. The zero-order valence-electron chi connectivity index (χ0n) is 9.62. The molecule has 0 aliphatic heterocycles. The van der Waals surface area contributed by atoms with Crippen molar-refractivity contribution in [3.8, 4) is 0 Å². The van der Waals surface area contributed by atoms with E-state index in [1.54, 1.807) is 6.07 Å². The van der Waals surface area contributed by atoms with E-state index >= 15 is 0 Å². The molecule has 16 heavy (non-hydrogen) atoms. The third-order valence-electron chi connectivity index (χ3n) is 2.28. The van der Waals surface area contributed by atoms with Crippen LogP contribution in [0.5, 0.6) is 0 Å². The van der Waals surface area contributed by atoms with Gasteiger partial charge in [-0.15, -0.1) is 0 Å². The molecular formula is C12H16ClNOS. The van der Waals surface area contributed by atoms with Crippen LogP contribution in [-0.4, -0.2) is 11.2 Å². The van der Waals surface area contributed by atoms with Gasteiger partial charge >= 0.3 is 0 Å². The van der Waals surface area contributed by atoms with Crippen LogP contribution in [0.4, 0.5) is 5.69 Å². The molecule has 0 aliphatic carbocycles. The normalized spacial score (nSPS) is 12.6. The SMILES string of the molecule is Cc1ccc(NC(=O)C(S)C(C)C)c(Cl)c1. The van der Waals surface area contributed by atoms with Crippen LogP contribution in [0.2, 0.25) is 5.02 Å². The van der Waals surface area contributed by atoms with Gasteiger partial charge in [0.1, 0.15) is 0 Å². The van der Waals surface area contributed by atoms with Crippen molar-refractivity contribution >= 4 is 35.8 Å². The van der Waals surface area contributed by atoms with Gasteiger partial charge in [0.15, 0.2) is 0 Å². The Bertz CT molecular complexity index is 393. The Balaban J connectivity index is 2.77. The first-order chi connectivity index (χ1) is 7.41. The summed E-state index contributed by atoms with van der Waals surface area (Å²) in [6.45, 7) is 5.86. The lowest BCUT2D eigenvalue weighted by Gasteiger charge is -2.15. The van der Waals surface area contributed by atoms with Crippen molar-refractivity contribution in [2.45, 2.75) is 26.0 Å². The molecule has 0 heterocycles. The number of halogens is 1. The maximum Gasteiger partial charge on any atom is 0.237 e. The van der Waals surface area contributed by atoms with Gasteiger partial charge in [-0.25, -0.2) is 0 Å². The van der Waals surface area contributed by atoms with Gasteiger partial charge in [-0.3, -0.25) is 4.79 Å². The van der Waals surface area contributed by atoms with Crippen LogP contribution in [0.3, 0.4) is 0 Å². The highest BCUT2D eigenvalue weighted by Gasteiger charge is 2.18. The fourth-order valence-electron chi connectivity index (χ4n) is 1.23. The number of hydrogen-bond acceptors (Lipinski definition) is 2. The second-order valence-corrected chi connectivity index (χ2v) is 5.12. The minimum atomic E-state index is -0.322. The van der Waals surface area contributed by atoms with Crippen LogP contribution in [0, 0.1) is 12.8 Å². The number of rotatable bonds is 3. The van der Waals surface area contributed by atoms with Crippen molar-refractivity contribution in [3.63, 3.8) is 0 Å². The fourth-order valence-corrected chi connectivity index (χ4v) is 1.58. The first-order valence-corrected chi connectivity index (χ1v) is 6.06. The molecule has 0 fully saturated rings. The summed E-state index contributed by atoms with van der Waals surface area (Å²) in [6.07, 6.45) is 0. The third kappa shape index (κ3) is 3.42. The smallest absolute Gasteiger partial charge is 0.237 e. The van der Waals surface area contributed by atoms with Gasteiger partial charge < -0.3 is 5.32 Å². The second-order valence-electron chi connectivity index (χ2n) is 4.16. The van der Waals surface area contributed by atoms with E-state index in [2.05, 4.69) is 17.9 Å². The molecule has 1 aromatic rings. The standard InChI is InChI=1S/C12H16ClNOS/c1-7(2)11(16)12(15)14-10-5-4-8(3)6-9(10)13/h4-7,11,16H,1-3H3,(H,14,15). The maximum absolute atomic E-state index is 11.7. The van der Waals surface area contributed by atoms with E-state index in [1.165, 1.54) is 0 Å². The number of nitrogens with one attached hydrogen (secondary N) is 1. The van der Waals surface area contributed by atoms with Gasteiger partial charge in [0, 0.05) is 0 Å². The lowest BCUT2D eigenvalue weighted by Crippen LogP contribution is -2.27. The van der Waals surface area contributed by atoms with Crippen molar-refractivity contribution in [3.05, 3.63) is 28.8 Å². The molecule has 0 radical (unpaired) electrons. The zero-order valence-corrected chi connectivity index (χ0v) is 11.3. The highest BCUT2D eigenvalue weighted by molar-refractivity contribution is 7.81. The van der Waals surface area contributed by atoms with Gasteiger partial charge in [0.25, 0.3) is 0 Å². The first-order valence-electron chi connectivity index (χ1n) is 5.17. The summed E-state index contributed by atoms with van der Waals surface area (Å²) in [7, 11) is 0. The summed E-state index contributed by atoms with van der Waals surface area (Å²) in [5.74, 6) is 0.0663. The van der Waals surface area contributed by atoms with Crippen LogP contribution in [0.15, 0.2) is 18.2 Å². The molecule has 1 aromatic carbocycles. The third-order valence-corrected chi connectivity index (χ3v) is 3.43. The van der Waals surface area contributed by atoms with Crippen molar-refractivity contribution in [1.82, 2.24) is 0 Å². The Kier molecular flexibility index (Phi) is 4.69. The Hall–Kier alpha value is -0.670. The molecule has 1 rings (SSSR count). The van der Waals surface area contributed by atoms with Crippen LogP contribution in [0.25, 0.3) is 0 Å². The number of anilines is 1. The summed E-state index contributed by atoms with van der Waals surface area (Å²) in [5.41, 5.74) is 1.70. The number of aryl methyl sites for hydroxylation is 1. The number of thiol groups is 1. The van der Waals surface area contributed by atoms with Crippen molar-refractivity contribution in [2.75, 3.05) is 5.32 Å². The van der Waals surface area contributed by atoms with Gasteiger partial charge in [-0.05, 0) is 30.5 Å². The summed E-state index contributed by atoms with van der Waals surface area (Å²) in [4.78, 5) is 11.7. The Morgan fingerprint density at radius 2 is 2.06 bits per heavy atom. The topological polar surface area (TPSA) is 29.1 Å². The van der Waals surface area contributed by atoms with E-state index in [9.17, 15) is 4.79 Å². The highest BCUT2D eigenvalue weighted by atomic mass is 35.5. The second kappa shape index (κ2) is 5.60. The summed E-state index contributed by atoms with van der Waals surface area (Å²) < 4.78 is 0. The minimum Gasteiger partial charge on any atom is -0.324 e. The molecule has 0 spiro atoms. The van der Waals surface area contributed by atoms with Crippen LogP contribution in [0.1, 0.15) is 19.4 Å². The summed E-state index contributed by atoms with van der Waals surface area (Å²) >= 11 is 10.3. The molecule has 2 nitrogen and oxygen atoms in total. The van der Waals surface area contributed by atoms with Crippen LogP contribution in [-0.2, 0) is 4.79 Å². The molecule has 88 valence electrons. The van der Waals surface area contributed by atoms with Gasteiger partial charge in [-0.2, -0.15) is 12.6 Å². The van der Waals surface area contributed by atoms with Crippen molar-refractivity contribution in [1.29, 1.82) is 0 Å². The van der Waals surface area contributed by atoms with E-state index in [1.807, 2.05) is 32.9 Å². The molecule has 0 aromatic heterocycles. The molecule has 1 amide bonds. The average molecular weight is 258 g/mol. The largest absolute Gasteiger partial charge is 0.324 e. The van der Waals surface area contributed by atoms with E-state index in [-0.39, 0.29) is 17.1 Å². The predicted molar refractivity (Wildman–Crippen MR) is 72.4 cm³/mol. The van der Waals surface area contributed by atoms with Gasteiger partial charge in [0.2, 0.25) is 5.91 Å². The van der Waals surface area contributed by atoms with E-state index in [0.29, 0.717) is 10.7 Å². The quantitative estimate of drug-likeness (QED) is 0.797. The van der Waals surface area contributed by atoms with Crippen molar-refractivity contribution in [2.24, 2.45) is 5.92 Å². The molecular weight excluding hydrogens is 242 g/mol. The van der Waals surface area contributed by atoms with E-state index < -0.39 is 0 Å². The first kappa shape index (κ1) is 13.4. The predicted octanol–water partition coefficient (Wildman–Crippen LogP) is 3.54. The fraction of sp³-hybridized carbons (Fsp3) is 0.417. The number of carbonyl (C=O) groups excluding carboxylic acids is 1. The zero-order chi connectivity index (χ0) is 12.3. The Morgan fingerprint density at radius 3 is 2.56 bits per heavy atom. The molecule has 0 saturated heterocycles. The molecule has 0 bridgehead atoms. The number of benzene rings is 1. The average Bonchev–Trinajstić information content (AvgIpc) is 2.20. The van der Waals surface area contributed by atoms with Gasteiger partial charge in [0.05, 0.1) is 16.0 Å². The number of amides is 1. The molecule has 0 saturated carbocycles. The summed E-state index contributed by atoms with van der Waals surface area (Å²) in [6, 6.07) is 5.53. The highest BCUT2D eigenvalue weighted by Crippen LogP contribution is 2.23. The number of hydrogen-bond donors (Lipinski definition) is 2. The van der Waals surface area contributed by atoms with Crippen LogP contribution >= 0.6 is 24.2 Å². The maximum atomic E-state index is 11.7. The minimum absolute atomic E-state index is 0.121. The molecule has 1 N–H and O–H groups in total. The summed E-state index contributed by atoms with van der Waals surface area (Å²) in [5, 5.41) is 3.00. The number of carbonyl (C=O) groups is 1. The molecule has 1 unspecified atom stereocenters. The molecule has 0 aliphatic rings.